The lowest BCUT2D eigenvalue weighted by Crippen LogP contribution is -2.45. The van der Waals surface area contributed by atoms with Crippen molar-refractivity contribution in [1.82, 2.24) is 4.90 Å². The summed E-state index contributed by atoms with van der Waals surface area (Å²) in [6.07, 6.45) is -0.668. The fourth-order valence-corrected chi connectivity index (χ4v) is 2.36. The van der Waals surface area contributed by atoms with Crippen LogP contribution in [0.1, 0.15) is 4.88 Å². The Labute approximate surface area is 104 Å². The molecule has 0 amide bonds. The minimum absolute atomic E-state index is 0. The molecule has 6 heteroatoms. The topological polar surface area (TPSA) is 49.8 Å². The maximum Gasteiger partial charge on any atom is 0.334 e. The summed E-state index contributed by atoms with van der Waals surface area (Å²) in [5.74, 6) is -0.870. The van der Waals surface area contributed by atoms with E-state index in [1.807, 2.05) is 11.4 Å². The summed E-state index contributed by atoms with van der Waals surface area (Å²) < 4.78 is 5.15. The van der Waals surface area contributed by atoms with Gasteiger partial charge in [0.05, 0.1) is 6.61 Å². The Kier molecular flexibility index (Phi) is 5.21. The van der Waals surface area contributed by atoms with E-state index in [4.69, 9.17) is 9.84 Å². The lowest BCUT2D eigenvalue weighted by Gasteiger charge is -2.30. The number of nitrogens with zero attached hydrogens (tertiary/aromatic N) is 1. The van der Waals surface area contributed by atoms with Gasteiger partial charge in [0.2, 0.25) is 0 Å². The van der Waals surface area contributed by atoms with Gasteiger partial charge in [-0.2, -0.15) is 0 Å². The van der Waals surface area contributed by atoms with Crippen LogP contribution in [0, 0.1) is 0 Å². The molecule has 1 unspecified atom stereocenters. The van der Waals surface area contributed by atoms with E-state index in [2.05, 4.69) is 11.0 Å². The molecule has 0 radical (unpaired) electrons. The summed E-state index contributed by atoms with van der Waals surface area (Å²) in [7, 11) is 0. The molecule has 4 nitrogen and oxygen atoms in total. The Morgan fingerprint density at radius 3 is 3.12 bits per heavy atom. The molecule has 0 aliphatic carbocycles. The summed E-state index contributed by atoms with van der Waals surface area (Å²) in [6, 6.07) is 4.07. The average Bonchev–Trinajstić information content (AvgIpc) is 2.71. The SMILES string of the molecule is Cl.O=C(O)C1CN(Cc2cccs2)CCO1. The highest BCUT2D eigenvalue weighted by Crippen LogP contribution is 2.14. The Balaban J connectivity index is 0.00000128. The number of carbonyl (C=O) groups is 1. The third-order valence-electron chi connectivity index (χ3n) is 2.39. The molecule has 90 valence electrons. The first-order valence-corrected chi connectivity index (χ1v) is 5.73. The standard InChI is InChI=1S/C10H13NO3S.ClH/c12-10(13)9-7-11(3-4-14-9)6-8-2-1-5-15-8;/h1-2,5,9H,3-4,6-7H2,(H,12,13);1H. The molecule has 1 aromatic heterocycles. The molecule has 0 aromatic carbocycles. The minimum atomic E-state index is -0.870. The molecule has 0 bridgehead atoms. The van der Waals surface area contributed by atoms with E-state index in [0.717, 1.165) is 13.1 Å². The van der Waals surface area contributed by atoms with Crippen LogP contribution >= 0.6 is 23.7 Å². The van der Waals surface area contributed by atoms with Gasteiger partial charge in [-0.1, -0.05) is 6.07 Å². The highest BCUT2D eigenvalue weighted by atomic mass is 35.5. The van der Waals surface area contributed by atoms with Crippen molar-refractivity contribution in [3.8, 4) is 0 Å². The smallest absolute Gasteiger partial charge is 0.334 e. The predicted octanol–water partition coefficient (Wildman–Crippen LogP) is 1.46. The van der Waals surface area contributed by atoms with Gasteiger partial charge in [-0.25, -0.2) is 4.79 Å². The van der Waals surface area contributed by atoms with E-state index in [9.17, 15) is 4.79 Å². The lowest BCUT2D eigenvalue weighted by molar-refractivity contribution is -0.156. The molecule has 1 saturated heterocycles. The van der Waals surface area contributed by atoms with E-state index in [1.54, 1.807) is 11.3 Å². The van der Waals surface area contributed by atoms with Gasteiger partial charge in [-0.15, -0.1) is 23.7 Å². The number of thiophene rings is 1. The van der Waals surface area contributed by atoms with Crippen LogP contribution in [0.3, 0.4) is 0 Å². The summed E-state index contributed by atoms with van der Waals surface area (Å²) in [5.41, 5.74) is 0. The molecule has 2 rings (SSSR count). The monoisotopic (exact) mass is 263 g/mol. The van der Waals surface area contributed by atoms with E-state index in [-0.39, 0.29) is 12.4 Å². The molecule has 1 atom stereocenters. The lowest BCUT2D eigenvalue weighted by atomic mass is 10.2. The molecule has 1 fully saturated rings. The molecule has 0 spiro atoms. The van der Waals surface area contributed by atoms with Gasteiger partial charge in [0.1, 0.15) is 0 Å². The summed E-state index contributed by atoms with van der Waals surface area (Å²) >= 11 is 1.70. The zero-order chi connectivity index (χ0) is 10.7. The Hall–Kier alpha value is -0.620. The van der Waals surface area contributed by atoms with Crippen LogP contribution < -0.4 is 0 Å². The van der Waals surface area contributed by atoms with Gasteiger partial charge in [0.25, 0.3) is 0 Å². The van der Waals surface area contributed by atoms with Gasteiger partial charge >= 0.3 is 5.97 Å². The quantitative estimate of drug-likeness (QED) is 0.897. The van der Waals surface area contributed by atoms with Crippen LogP contribution in [-0.4, -0.2) is 41.8 Å². The van der Waals surface area contributed by atoms with Crippen molar-refractivity contribution in [2.24, 2.45) is 0 Å². The summed E-state index contributed by atoms with van der Waals surface area (Å²) in [6.45, 7) is 2.61. The first-order chi connectivity index (χ1) is 7.25. The normalized spacial score (nSPS) is 21.4. The van der Waals surface area contributed by atoms with E-state index in [0.29, 0.717) is 13.2 Å². The third kappa shape index (κ3) is 3.45. The summed E-state index contributed by atoms with van der Waals surface area (Å²) in [4.78, 5) is 14.1. The fraction of sp³-hybridized carbons (Fsp3) is 0.500. The number of aliphatic carboxylic acids is 1. The van der Waals surface area contributed by atoms with Gasteiger partial charge < -0.3 is 9.84 Å². The molecule has 1 N–H and O–H groups in total. The number of carboxylic acid groups (broad SMARTS) is 1. The van der Waals surface area contributed by atoms with Crippen LogP contribution in [0.2, 0.25) is 0 Å². The Bertz CT molecular complexity index is 331. The maximum atomic E-state index is 10.8. The van der Waals surface area contributed by atoms with Crippen molar-refractivity contribution in [3.05, 3.63) is 22.4 Å². The van der Waals surface area contributed by atoms with Gasteiger partial charge in [0, 0.05) is 24.5 Å². The van der Waals surface area contributed by atoms with Crippen molar-refractivity contribution >= 4 is 29.7 Å². The third-order valence-corrected chi connectivity index (χ3v) is 3.25. The Morgan fingerprint density at radius 1 is 1.69 bits per heavy atom. The largest absolute Gasteiger partial charge is 0.479 e. The molecule has 1 aromatic rings. The summed E-state index contributed by atoms with van der Waals surface area (Å²) in [5, 5.41) is 10.9. The molecule has 1 aliphatic heterocycles. The fourth-order valence-electron chi connectivity index (χ4n) is 1.62. The van der Waals surface area contributed by atoms with Crippen LogP contribution in [0.15, 0.2) is 17.5 Å². The molecule has 2 heterocycles. The second-order valence-corrected chi connectivity index (χ2v) is 4.54. The van der Waals surface area contributed by atoms with Crippen LogP contribution in [-0.2, 0) is 16.1 Å². The number of ether oxygens (including phenoxy) is 1. The zero-order valence-electron chi connectivity index (χ0n) is 8.67. The van der Waals surface area contributed by atoms with Crippen molar-refractivity contribution in [2.45, 2.75) is 12.6 Å². The van der Waals surface area contributed by atoms with Crippen molar-refractivity contribution in [3.63, 3.8) is 0 Å². The van der Waals surface area contributed by atoms with Gasteiger partial charge in [0.15, 0.2) is 6.10 Å². The van der Waals surface area contributed by atoms with Gasteiger partial charge in [-0.05, 0) is 11.4 Å². The van der Waals surface area contributed by atoms with Crippen molar-refractivity contribution < 1.29 is 14.6 Å². The number of halogens is 1. The number of rotatable bonds is 3. The second-order valence-electron chi connectivity index (χ2n) is 3.51. The number of hydrogen-bond donors (Lipinski definition) is 1. The molecule has 0 saturated carbocycles. The maximum absolute atomic E-state index is 10.8. The molecule has 16 heavy (non-hydrogen) atoms. The van der Waals surface area contributed by atoms with E-state index >= 15 is 0 Å². The van der Waals surface area contributed by atoms with Crippen molar-refractivity contribution in [1.29, 1.82) is 0 Å². The minimum Gasteiger partial charge on any atom is -0.479 e. The molecule has 1 aliphatic rings. The first-order valence-electron chi connectivity index (χ1n) is 4.85. The number of hydrogen-bond acceptors (Lipinski definition) is 4. The molecular weight excluding hydrogens is 250 g/mol. The van der Waals surface area contributed by atoms with Gasteiger partial charge in [-0.3, -0.25) is 4.90 Å². The first kappa shape index (κ1) is 13.4. The second kappa shape index (κ2) is 6.20. The zero-order valence-corrected chi connectivity index (χ0v) is 10.3. The average molecular weight is 264 g/mol. The van der Waals surface area contributed by atoms with Crippen LogP contribution in [0.25, 0.3) is 0 Å². The van der Waals surface area contributed by atoms with E-state index < -0.39 is 12.1 Å². The number of carboxylic acids is 1. The highest BCUT2D eigenvalue weighted by Gasteiger charge is 2.26. The predicted molar refractivity (Wildman–Crippen MR) is 64.2 cm³/mol. The van der Waals surface area contributed by atoms with Crippen LogP contribution in [0.5, 0.6) is 0 Å². The van der Waals surface area contributed by atoms with Crippen LogP contribution in [0.4, 0.5) is 0 Å². The molecular formula is C10H14ClNO3S. The Morgan fingerprint density at radius 2 is 2.50 bits per heavy atom. The highest BCUT2D eigenvalue weighted by molar-refractivity contribution is 7.09. The van der Waals surface area contributed by atoms with Crippen molar-refractivity contribution in [2.75, 3.05) is 19.7 Å². The number of morpholine rings is 1. The van der Waals surface area contributed by atoms with E-state index in [1.165, 1.54) is 4.88 Å².